The van der Waals surface area contributed by atoms with Gasteiger partial charge in [0, 0.05) is 23.8 Å². The lowest BCUT2D eigenvalue weighted by Gasteiger charge is -2.28. The molecule has 0 amide bonds. The van der Waals surface area contributed by atoms with Crippen molar-refractivity contribution in [2.45, 2.75) is 33.7 Å². The Morgan fingerprint density at radius 3 is 2.44 bits per heavy atom. The van der Waals surface area contributed by atoms with Crippen LogP contribution in [-0.2, 0) is 0 Å². The third kappa shape index (κ3) is 2.54. The average Bonchev–Trinajstić information content (AvgIpc) is 2.17. The van der Waals surface area contributed by atoms with Crippen molar-refractivity contribution in [2.75, 3.05) is 11.4 Å². The van der Waals surface area contributed by atoms with E-state index in [0.717, 1.165) is 17.7 Å². The fourth-order valence-electron chi connectivity index (χ4n) is 1.97. The Morgan fingerprint density at radius 1 is 1.44 bits per heavy atom. The average molecular weight is 219 g/mol. The zero-order chi connectivity index (χ0) is 12.3. The van der Waals surface area contributed by atoms with Gasteiger partial charge in [-0.3, -0.25) is 5.41 Å². The number of benzene rings is 1. The molecule has 0 aromatic heterocycles. The van der Waals surface area contributed by atoms with E-state index in [1.807, 2.05) is 19.1 Å². The summed E-state index contributed by atoms with van der Waals surface area (Å²) in [5.74, 6) is 0.136. The predicted octanol–water partition coefficient (Wildman–Crippen LogP) is 2.51. The van der Waals surface area contributed by atoms with Crippen LogP contribution in [0, 0.1) is 12.3 Å². The number of rotatable bonds is 4. The van der Waals surface area contributed by atoms with Gasteiger partial charge in [-0.2, -0.15) is 0 Å². The lowest BCUT2D eigenvalue weighted by Crippen LogP contribution is -2.30. The fourth-order valence-corrected chi connectivity index (χ4v) is 1.97. The molecule has 0 aliphatic rings. The molecular weight excluding hydrogens is 198 g/mol. The summed E-state index contributed by atoms with van der Waals surface area (Å²) in [5.41, 5.74) is 8.58. The van der Waals surface area contributed by atoms with Crippen LogP contribution < -0.4 is 10.6 Å². The van der Waals surface area contributed by atoms with Crippen LogP contribution in [0.3, 0.4) is 0 Å². The third-order valence-electron chi connectivity index (χ3n) is 2.80. The Balaban J connectivity index is 3.09. The van der Waals surface area contributed by atoms with Crippen LogP contribution in [0.25, 0.3) is 0 Å². The number of amidine groups is 1. The van der Waals surface area contributed by atoms with Crippen LogP contribution in [0.5, 0.6) is 0 Å². The van der Waals surface area contributed by atoms with Crippen molar-refractivity contribution in [3.8, 4) is 0 Å². The highest BCUT2D eigenvalue weighted by molar-refractivity contribution is 5.96. The Bertz CT molecular complexity index is 383. The molecule has 88 valence electrons. The second-order valence-electron chi connectivity index (χ2n) is 4.29. The van der Waals surface area contributed by atoms with E-state index in [1.54, 1.807) is 0 Å². The van der Waals surface area contributed by atoms with Gasteiger partial charge in [0.2, 0.25) is 0 Å². The van der Waals surface area contributed by atoms with Gasteiger partial charge >= 0.3 is 0 Å². The molecule has 1 aromatic carbocycles. The number of aryl methyl sites for hydroxylation is 1. The maximum atomic E-state index is 7.45. The van der Waals surface area contributed by atoms with Crippen molar-refractivity contribution >= 4 is 11.5 Å². The Labute approximate surface area is 97.8 Å². The van der Waals surface area contributed by atoms with E-state index in [9.17, 15) is 0 Å². The molecule has 3 N–H and O–H groups in total. The van der Waals surface area contributed by atoms with Gasteiger partial charge in [-0.05, 0) is 51.5 Å². The summed E-state index contributed by atoms with van der Waals surface area (Å²) in [7, 11) is 0. The van der Waals surface area contributed by atoms with E-state index >= 15 is 0 Å². The standard InChI is InChI=1S/C13H21N3/c1-5-16(9(2)3)11-6-7-12(13(14)15)10(4)8-11/h6-9H,5H2,1-4H3,(H3,14,15). The van der Waals surface area contributed by atoms with Gasteiger partial charge in [-0.1, -0.05) is 0 Å². The van der Waals surface area contributed by atoms with Crippen LogP contribution >= 0.6 is 0 Å². The van der Waals surface area contributed by atoms with Crippen LogP contribution in [-0.4, -0.2) is 18.4 Å². The van der Waals surface area contributed by atoms with Crippen molar-refractivity contribution in [1.29, 1.82) is 5.41 Å². The molecule has 0 saturated carbocycles. The van der Waals surface area contributed by atoms with Gasteiger partial charge in [-0.15, -0.1) is 0 Å². The van der Waals surface area contributed by atoms with E-state index in [1.165, 1.54) is 5.69 Å². The minimum atomic E-state index is 0.136. The van der Waals surface area contributed by atoms with Crippen LogP contribution in [0.1, 0.15) is 31.9 Å². The second-order valence-corrected chi connectivity index (χ2v) is 4.29. The lowest BCUT2D eigenvalue weighted by atomic mass is 10.1. The van der Waals surface area contributed by atoms with Gasteiger partial charge in [0.25, 0.3) is 0 Å². The molecule has 1 rings (SSSR count). The number of nitrogen functional groups attached to an aromatic ring is 1. The molecule has 1 aromatic rings. The summed E-state index contributed by atoms with van der Waals surface area (Å²) in [6, 6.07) is 6.54. The largest absolute Gasteiger partial charge is 0.384 e. The molecule has 0 spiro atoms. The van der Waals surface area contributed by atoms with Gasteiger partial charge in [-0.25, -0.2) is 0 Å². The van der Waals surface area contributed by atoms with E-state index in [2.05, 4.69) is 31.7 Å². The monoisotopic (exact) mass is 219 g/mol. The number of hydrogen-bond acceptors (Lipinski definition) is 2. The van der Waals surface area contributed by atoms with Crippen LogP contribution in [0.2, 0.25) is 0 Å². The quantitative estimate of drug-likeness (QED) is 0.604. The predicted molar refractivity (Wildman–Crippen MR) is 70.4 cm³/mol. The number of anilines is 1. The van der Waals surface area contributed by atoms with E-state index in [4.69, 9.17) is 11.1 Å². The molecule has 0 saturated heterocycles. The summed E-state index contributed by atoms with van der Waals surface area (Å²) in [5, 5.41) is 7.45. The Morgan fingerprint density at radius 2 is 2.06 bits per heavy atom. The molecule has 0 fully saturated rings. The van der Waals surface area contributed by atoms with Crippen molar-refractivity contribution in [3.63, 3.8) is 0 Å². The molecule has 16 heavy (non-hydrogen) atoms. The summed E-state index contributed by atoms with van der Waals surface area (Å²) < 4.78 is 0. The van der Waals surface area contributed by atoms with Crippen molar-refractivity contribution in [2.24, 2.45) is 5.73 Å². The van der Waals surface area contributed by atoms with E-state index < -0.39 is 0 Å². The van der Waals surface area contributed by atoms with Gasteiger partial charge in [0.05, 0.1) is 0 Å². The highest BCUT2D eigenvalue weighted by Gasteiger charge is 2.10. The Kier molecular flexibility index (Phi) is 3.93. The summed E-state index contributed by atoms with van der Waals surface area (Å²) in [6.45, 7) is 9.48. The summed E-state index contributed by atoms with van der Waals surface area (Å²) in [4.78, 5) is 2.32. The minimum Gasteiger partial charge on any atom is -0.384 e. The number of nitrogens with zero attached hydrogens (tertiary/aromatic N) is 1. The van der Waals surface area contributed by atoms with E-state index in [0.29, 0.717) is 6.04 Å². The molecule has 0 unspecified atom stereocenters. The highest BCUT2D eigenvalue weighted by Crippen LogP contribution is 2.20. The van der Waals surface area contributed by atoms with Crippen molar-refractivity contribution in [3.05, 3.63) is 29.3 Å². The molecule has 0 aliphatic heterocycles. The smallest absolute Gasteiger partial charge is 0.123 e. The maximum Gasteiger partial charge on any atom is 0.123 e. The molecule has 0 heterocycles. The topological polar surface area (TPSA) is 53.1 Å². The van der Waals surface area contributed by atoms with Crippen molar-refractivity contribution in [1.82, 2.24) is 0 Å². The first-order chi connectivity index (χ1) is 7.47. The van der Waals surface area contributed by atoms with E-state index in [-0.39, 0.29) is 5.84 Å². The van der Waals surface area contributed by atoms with Gasteiger partial charge in [0.1, 0.15) is 5.84 Å². The lowest BCUT2D eigenvalue weighted by molar-refractivity contribution is 0.703. The SMILES string of the molecule is CCN(c1ccc(C(=N)N)c(C)c1)C(C)C. The number of nitrogens with one attached hydrogen (secondary N) is 1. The first-order valence-corrected chi connectivity index (χ1v) is 5.69. The maximum absolute atomic E-state index is 7.45. The van der Waals surface area contributed by atoms with Crippen LogP contribution in [0.4, 0.5) is 5.69 Å². The van der Waals surface area contributed by atoms with Crippen LogP contribution in [0.15, 0.2) is 18.2 Å². The normalized spacial score (nSPS) is 10.6. The zero-order valence-electron chi connectivity index (χ0n) is 10.5. The third-order valence-corrected chi connectivity index (χ3v) is 2.80. The second kappa shape index (κ2) is 5.01. The van der Waals surface area contributed by atoms with Gasteiger partial charge < -0.3 is 10.6 Å². The molecule has 0 atom stereocenters. The molecular formula is C13H21N3. The summed E-state index contributed by atoms with van der Waals surface area (Å²) >= 11 is 0. The summed E-state index contributed by atoms with van der Waals surface area (Å²) in [6.07, 6.45) is 0. The molecule has 0 aliphatic carbocycles. The number of nitrogens with two attached hydrogens (primary N) is 1. The first kappa shape index (κ1) is 12.6. The fraction of sp³-hybridized carbons (Fsp3) is 0.462. The molecule has 3 nitrogen and oxygen atoms in total. The number of hydrogen-bond donors (Lipinski definition) is 2. The molecule has 0 bridgehead atoms. The minimum absolute atomic E-state index is 0.136. The Hall–Kier alpha value is -1.51. The van der Waals surface area contributed by atoms with Gasteiger partial charge in [0.15, 0.2) is 0 Å². The molecule has 0 radical (unpaired) electrons. The molecule has 3 heteroatoms. The van der Waals surface area contributed by atoms with Crippen molar-refractivity contribution < 1.29 is 0 Å². The first-order valence-electron chi connectivity index (χ1n) is 5.69. The highest BCUT2D eigenvalue weighted by atomic mass is 15.1. The zero-order valence-corrected chi connectivity index (χ0v) is 10.5.